The lowest BCUT2D eigenvalue weighted by Crippen LogP contribution is -2.07. The van der Waals surface area contributed by atoms with Gasteiger partial charge in [-0.05, 0) is 40.5 Å². The second-order valence-corrected chi connectivity index (χ2v) is 4.85. The molecule has 2 nitrogen and oxygen atoms in total. The highest BCUT2D eigenvalue weighted by atomic mass is 79.9. The third-order valence-electron chi connectivity index (χ3n) is 2.63. The highest BCUT2D eigenvalue weighted by Gasteiger charge is 2.21. The smallest absolute Gasteiger partial charge is 0.135 e. The van der Waals surface area contributed by atoms with Crippen LogP contribution in [0.2, 0.25) is 0 Å². The van der Waals surface area contributed by atoms with Crippen molar-refractivity contribution in [2.45, 2.75) is 13.0 Å². The first kappa shape index (κ1) is 13.1. The van der Waals surface area contributed by atoms with Gasteiger partial charge in [0.15, 0.2) is 0 Å². The molecule has 0 amide bonds. The highest BCUT2D eigenvalue weighted by molar-refractivity contribution is 9.10. The molecule has 0 aliphatic carbocycles. The number of pyridine rings is 1. The maximum absolute atomic E-state index is 13.9. The monoisotopic (exact) mass is 313 g/mol. The molecular formula is C13H10BrF2NO. The molecule has 1 aromatic carbocycles. The van der Waals surface area contributed by atoms with Crippen molar-refractivity contribution in [3.05, 3.63) is 63.4 Å². The van der Waals surface area contributed by atoms with E-state index in [2.05, 4.69) is 20.9 Å². The van der Waals surface area contributed by atoms with Crippen LogP contribution in [0, 0.1) is 18.6 Å². The number of nitrogens with zero attached hydrogens (tertiary/aromatic N) is 1. The van der Waals surface area contributed by atoms with E-state index in [9.17, 15) is 13.9 Å². The Balaban J connectivity index is 2.52. The summed E-state index contributed by atoms with van der Waals surface area (Å²) in [6, 6.07) is 4.04. The summed E-state index contributed by atoms with van der Waals surface area (Å²) in [6.45, 7) is 1.52. The van der Waals surface area contributed by atoms with Crippen molar-refractivity contribution in [2.75, 3.05) is 0 Å². The predicted octanol–water partition coefficient (Wildman–Crippen LogP) is 3.51. The Hall–Kier alpha value is -1.33. The summed E-state index contributed by atoms with van der Waals surface area (Å²) in [5.41, 5.74) is 0.260. The van der Waals surface area contributed by atoms with Crippen LogP contribution in [0.15, 0.2) is 35.1 Å². The van der Waals surface area contributed by atoms with Gasteiger partial charge in [-0.25, -0.2) is 8.78 Å². The molecule has 0 fully saturated rings. The minimum atomic E-state index is -1.38. The van der Waals surface area contributed by atoms with Crippen molar-refractivity contribution in [1.82, 2.24) is 4.98 Å². The Kier molecular flexibility index (Phi) is 3.73. The van der Waals surface area contributed by atoms with E-state index >= 15 is 0 Å². The molecule has 2 aromatic rings. The molecule has 0 spiro atoms. The standard InChI is InChI=1S/C13H10BrF2NO/c1-7-2-3-10(15)11(12(7)16)13(18)8-4-9(14)6-17-5-8/h2-6,13,18H,1H3. The molecule has 0 aliphatic heterocycles. The van der Waals surface area contributed by atoms with Crippen molar-refractivity contribution in [3.63, 3.8) is 0 Å². The number of benzene rings is 1. The second-order valence-electron chi connectivity index (χ2n) is 3.93. The van der Waals surface area contributed by atoms with E-state index in [4.69, 9.17) is 0 Å². The third-order valence-corrected chi connectivity index (χ3v) is 3.07. The molecule has 1 atom stereocenters. The van der Waals surface area contributed by atoms with E-state index in [1.165, 1.54) is 25.4 Å². The van der Waals surface area contributed by atoms with Crippen LogP contribution in [0.5, 0.6) is 0 Å². The Morgan fingerprint density at radius 2 is 2.00 bits per heavy atom. The molecule has 1 N–H and O–H groups in total. The van der Waals surface area contributed by atoms with Gasteiger partial charge in [-0.1, -0.05) is 6.07 Å². The molecule has 0 saturated heterocycles. The number of aliphatic hydroxyl groups is 1. The van der Waals surface area contributed by atoms with Gasteiger partial charge >= 0.3 is 0 Å². The van der Waals surface area contributed by atoms with Crippen LogP contribution in [0.1, 0.15) is 22.8 Å². The summed E-state index contributed by atoms with van der Waals surface area (Å²) in [6.07, 6.45) is 1.52. The molecule has 0 radical (unpaired) electrons. The molecule has 1 unspecified atom stereocenters. The molecule has 0 bridgehead atoms. The van der Waals surface area contributed by atoms with E-state index < -0.39 is 17.7 Å². The van der Waals surface area contributed by atoms with Gasteiger partial charge in [0, 0.05) is 22.4 Å². The fourth-order valence-electron chi connectivity index (χ4n) is 1.67. The first-order chi connectivity index (χ1) is 8.50. The second kappa shape index (κ2) is 5.12. The van der Waals surface area contributed by atoms with E-state index in [0.717, 1.165) is 6.07 Å². The molecule has 0 saturated carbocycles. The zero-order chi connectivity index (χ0) is 13.3. The molecule has 2 rings (SSSR count). The van der Waals surface area contributed by atoms with Crippen LogP contribution in [0.25, 0.3) is 0 Å². The molecule has 5 heteroatoms. The normalized spacial score (nSPS) is 12.5. The van der Waals surface area contributed by atoms with Crippen molar-refractivity contribution < 1.29 is 13.9 Å². The van der Waals surface area contributed by atoms with Crippen molar-refractivity contribution in [3.8, 4) is 0 Å². The lowest BCUT2D eigenvalue weighted by Gasteiger charge is -2.14. The molecule has 1 heterocycles. The fourth-order valence-corrected chi connectivity index (χ4v) is 2.06. The molecule has 18 heavy (non-hydrogen) atoms. The van der Waals surface area contributed by atoms with Crippen LogP contribution in [-0.4, -0.2) is 10.1 Å². The summed E-state index contributed by atoms with van der Waals surface area (Å²) in [5.74, 6) is -1.51. The number of aliphatic hydroxyl groups excluding tert-OH is 1. The SMILES string of the molecule is Cc1ccc(F)c(C(O)c2cncc(Br)c2)c1F. The maximum Gasteiger partial charge on any atom is 0.135 e. The van der Waals surface area contributed by atoms with E-state index in [1.807, 2.05) is 0 Å². The number of aromatic nitrogens is 1. The van der Waals surface area contributed by atoms with Gasteiger partial charge in [-0.15, -0.1) is 0 Å². The highest BCUT2D eigenvalue weighted by Crippen LogP contribution is 2.29. The van der Waals surface area contributed by atoms with Crippen LogP contribution in [-0.2, 0) is 0 Å². The maximum atomic E-state index is 13.9. The lowest BCUT2D eigenvalue weighted by molar-refractivity contribution is 0.208. The van der Waals surface area contributed by atoms with Crippen LogP contribution >= 0.6 is 15.9 Å². The van der Waals surface area contributed by atoms with Crippen LogP contribution < -0.4 is 0 Å². The topological polar surface area (TPSA) is 33.1 Å². The van der Waals surface area contributed by atoms with Gasteiger partial charge in [0.25, 0.3) is 0 Å². The first-order valence-corrected chi connectivity index (χ1v) is 6.03. The van der Waals surface area contributed by atoms with E-state index in [0.29, 0.717) is 10.0 Å². The third kappa shape index (κ3) is 2.42. The zero-order valence-corrected chi connectivity index (χ0v) is 11.1. The number of halogens is 3. The fraction of sp³-hybridized carbons (Fsp3) is 0.154. The van der Waals surface area contributed by atoms with Gasteiger partial charge in [-0.2, -0.15) is 0 Å². The number of hydrogen-bond donors (Lipinski definition) is 1. The molecular weight excluding hydrogens is 304 g/mol. The average molecular weight is 314 g/mol. The number of aryl methyl sites for hydroxylation is 1. The average Bonchev–Trinajstić information content (AvgIpc) is 2.34. The van der Waals surface area contributed by atoms with Crippen molar-refractivity contribution in [1.29, 1.82) is 0 Å². The van der Waals surface area contributed by atoms with Gasteiger partial charge in [0.05, 0.1) is 5.56 Å². The van der Waals surface area contributed by atoms with Crippen LogP contribution in [0.4, 0.5) is 8.78 Å². The lowest BCUT2D eigenvalue weighted by atomic mass is 10.00. The molecule has 1 aromatic heterocycles. The van der Waals surface area contributed by atoms with Crippen LogP contribution in [0.3, 0.4) is 0 Å². The minimum Gasteiger partial charge on any atom is -0.383 e. The number of hydrogen-bond acceptors (Lipinski definition) is 2. The summed E-state index contributed by atoms with van der Waals surface area (Å²) in [4.78, 5) is 3.86. The summed E-state index contributed by atoms with van der Waals surface area (Å²) >= 11 is 3.19. The van der Waals surface area contributed by atoms with E-state index in [1.54, 1.807) is 6.07 Å². The first-order valence-electron chi connectivity index (χ1n) is 5.23. The predicted molar refractivity (Wildman–Crippen MR) is 67.1 cm³/mol. The molecule has 94 valence electrons. The van der Waals surface area contributed by atoms with Gasteiger partial charge in [-0.3, -0.25) is 4.98 Å². The molecule has 0 aliphatic rings. The largest absolute Gasteiger partial charge is 0.383 e. The Bertz CT molecular complexity index is 589. The van der Waals surface area contributed by atoms with E-state index in [-0.39, 0.29) is 11.1 Å². The van der Waals surface area contributed by atoms with Gasteiger partial charge in [0.2, 0.25) is 0 Å². The van der Waals surface area contributed by atoms with Crippen molar-refractivity contribution >= 4 is 15.9 Å². The Morgan fingerprint density at radius 3 is 2.67 bits per heavy atom. The quantitative estimate of drug-likeness (QED) is 0.920. The zero-order valence-electron chi connectivity index (χ0n) is 9.49. The minimum absolute atomic E-state index is 0.286. The Morgan fingerprint density at radius 1 is 1.28 bits per heavy atom. The Labute approximate surface area is 111 Å². The van der Waals surface area contributed by atoms with Gasteiger partial charge in [0.1, 0.15) is 17.7 Å². The summed E-state index contributed by atoms with van der Waals surface area (Å²) in [7, 11) is 0. The van der Waals surface area contributed by atoms with Crippen molar-refractivity contribution in [2.24, 2.45) is 0 Å². The number of rotatable bonds is 2. The summed E-state index contributed by atoms with van der Waals surface area (Å²) in [5, 5.41) is 10.1. The van der Waals surface area contributed by atoms with Gasteiger partial charge < -0.3 is 5.11 Å². The summed E-state index contributed by atoms with van der Waals surface area (Å²) < 4.78 is 28.1.